The monoisotopic (exact) mass is 303 g/mol. The van der Waals surface area contributed by atoms with Crippen molar-refractivity contribution in [2.45, 2.75) is 37.0 Å². The second-order valence-electron chi connectivity index (χ2n) is 5.71. The third-order valence-electron chi connectivity index (χ3n) is 4.23. The van der Waals surface area contributed by atoms with E-state index in [4.69, 9.17) is 5.73 Å². The molecule has 0 atom stereocenters. The van der Waals surface area contributed by atoms with Gasteiger partial charge in [-0.15, -0.1) is 0 Å². The maximum atomic E-state index is 12.3. The summed E-state index contributed by atoms with van der Waals surface area (Å²) in [6, 6.07) is 7.80. The third kappa shape index (κ3) is 3.18. The fourth-order valence-corrected chi connectivity index (χ4v) is 3.72. The molecule has 1 saturated carbocycles. The van der Waals surface area contributed by atoms with Gasteiger partial charge in [0.15, 0.2) is 0 Å². The first-order valence-electron chi connectivity index (χ1n) is 7.37. The van der Waals surface area contributed by atoms with E-state index in [-0.39, 0.29) is 5.91 Å². The van der Waals surface area contributed by atoms with Crippen LogP contribution in [-0.4, -0.2) is 28.4 Å². The largest absolute Gasteiger partial charge is 0.399 e. The van der Waals surface area contributed by atoms with Crippen LogP contribution in [0.15, 0.2) is 24.3 Å². The maximum Gasteiger partial charge on any atom is 0.267 e. The van der Waals surface area contributed by atoms with E-state index in [0.29, 0.717) is 17.4 Å². The summed E-state index contributed by atoms with van der Waals surface area (Å²) in [5.74, 6) is -0.0163. The van der Waals surface area contributed by atoms with Gasteiger partial charge >= 0.3 is 0 Å². The molecule has 2 aromatic rings. The van der Waals surface area contributed by atoms with Gasteiger partial charge in [0.2, 0.25) is 0 Å². The number of H-pyrrole nitrogens is 1. The molecule has 5 heteroatoms. The average molecular weight is 303 g/mol. The van der Waals surface area contributed by atoms with Crippen LogP contribution < -0.4 is 11.1 Å². The number of fused-ring (bicyclic) bond motifs is 1. The van der Waals surface area contributed by atoms with Gasteiger partial charge < -0.3 is 16.0 Å². The van der Waals surface area contributed by atoms with Gasteiger partial charge in [-0.3, -0.25) is 4.79 Å². The van der Waals surface area contributed by atoms with Crippen LogP contribution in [-0.2, 0) is 0 Å². The zero-order chi connectivity index (χ0) is 14.8. The molecule has 0 saturated heterocycles. The van der Waals surface area contributed by atoms with Crippen molar-refractivity contribution in [3.8, 4) is 0 Å². The highest BCUT2D eigenvalue weighted by Crippen LogP contribution is 2.27. The van der Waals surface area contributed by atoms with Crippen molar-refractivity contribution in [1.82, 2.24) is 10.3 Å². The number of nitrogens with one attached hydrogen (secondary N) is 2. The number of hydrogen-bond donors (Lipinski definition) is 3. The highest BCUT2D eigenvalue weighted by molar-refractivity contribution is 7.99. The number of rotatable bonds is 3. The minimum absolute atomic E-state index is 0.0163. The van der Waals surface area contributed by atoms with Crippen molar-refractivity contribution in [3.63, 3.8) is 0 Å². The predicted molar refractivity (Wildman–Crippen MR) is 89.7 cm³/mol. The van der Waals surface area contributed by atoms with E-state index in [2.05, 4.69) is 16.6 Å². The van der Waals surface area contributed by atoms with Gasteiger partial charge in [0.05, 0.1) is 0 Å². The fourth-order valence-electron chi connectivity index (χ4n) is 2.98. The van der Waals surface area contributed by atoms with Crippen LogP contribution in [0.3, 0.4) is 0 Å². The Morgan fingerprint density at radius 2 is 2.05 bits per heavy atom. The van der Waals surface area contributed by atoms with E-state index in [0.717, 1.165) is 29.0 Å². The minimum atomic E-state index is -0.0163. The number of anilines is 1. The number of nitrogen functional groups attached to an aromatic ring is 1. The quantitative estimate of drug-likeness (QED) is 0.763. The van der Waals surface area contributed by atoms with E-state index in [1.807, 2.05) is 36.0 Å². The van der Waals surface area contributed by atoms with Crippen molar-refractivity contribution < 1.29 is 4.79 Å². The molecule has 0 aliphatic heterocycles. The summed E-state index contributed by atoms with van der Waals surface area (Å²) >= 11 is 1.94. The molecule has 112 valence electrons. The second-order valence-corrected chi connectivity index (χ2v) is 6.85. The average Bonchev–Trinajstić information content (AvgIpc) is 2.91. The van der Waals surface area contributed by atoms with Gasteiger partial charge in [-0.2, -0.15) is 11.8 Å². The van der Waals surface area contributed by atoms with Gasteiger partial charge in [-0.1, -0.05) is 0 Å². The van der Waals surface area contributed by atoms with E-state index >= 15 is 0 Å². The van der Waals surface area contributed by atoms with Crippen molar-refractivity contribution in [3.05, 3.63) is 30.0 Å². The Labute approximate surface area is 128 Å². The molecule has 0 spiro atoms. The van der Waals surface area contributed by atoms with Crippen molar-refractivity contribution in [2.24, 2.45) is 0 Å². The molecule has 21 heavy (non-hydrogen) atoms. The molecule has 4 nitrogen and oxygen atoms in total. The Morgan fingerprint density at radius 3 is 2.76 bits per heavy atom. The molecule has 1 heterocycles. The van der Waals surface area contributed by atoms with Crippen molar-refractivity contribution in [1.29, 1.82) is 0 Å². The SMILES string of the molecule is CSC1CCC(NC(=O)c2cc3cc(N)ccc3[nH]2)CC1. The van der Waals surface area contributed by atoms with Crippen LogP contribution in [0, 0.1) is 0 Å². The molecule has 1 aromatic heterocycles. The highest BCUT2D eigenvalue weighted by atomic mass is 32.2. The van der Waals surface area contributed by atoms with Gasteiger partial charge in [-0.25, -0.2) is 0 Å². The summed E-state index contributed by atoms with van der Waals surface area (Å²) in [5.41, 5.74) is 8.04. The summed E-state index contributed by atoms with van der Waals surface area (Å²) < 4.78 is 0. The predicted octanol–water partition coefficient (Wildman–Crippen LogP) is 3.15. The van der Waals surface area contributed by atoms with Gasteiger partial charge in [0, 0.05) is 27.9 Å². The van der Waals surface area contributed by atoms with Crippen LogP contribution in [0.1, 0.15) is 36.2 Å². The van der Waals surface area contributed by atoms with Gasteiger partial charge in [0.1, 0.15) is 5.69 Å². The lowest BCUT2D eigenvalue weighted by molar-refractivity contribution is 0.0924. The molecule has 1 amide bonds. The molecule has 0 bridgehead atoms. The van der Waals surface area contributed by atoms with E-state index in [9.17, 15) is 4.79 Å². The number of aromatic nitrogens is 1. The minimum Gasteiger partial charge on any atom is -0.399 e. The molecule has 3 rings (SSSR count). The topological polar surface area (TPSA) is 70.9 Å². The van der Waals surface area contributed by atoms with Gasteiger partial charge in [0.25, 0.3) is 5.91 Å². The smallest absolute Gasteiger partial charge is 0.267 e. The number of aromatic amines is 1. The van der Waals surface area contributed by atoms with Crippen molar-refractivity contribution in [2.75, 3.05) is 12.0 Å². The lowest BCUT2D eigenvalue weighted by Gasteiger charge is -2.27. The molecule has 0 radical (unpaired) electrons. The van der Waals surface area contributed by atoms with Gasteiger partial charge in [-0.05, 0) is 56.2 Å². The zero-order valence-electron chi connectivity index (χ0n) is 12.2. The van der Waals surface area contributed by atoms with Crippen LogP contribution >= 0.6 is 11.8 Å². The number of nitrogens with two attached hydrogens (primary N) is 1. The summed E-state index contributed by atoms with van der Waals surface area (Å²) in [7, 11) is 0. The summed E-state index contributed by atoms with van der Waals surface area (Å²) in [6.45, 7) is 0. The standard InChI is InChI=1S/C16H21N3OS/c1-21-13-5-3-12(4-6-13)18-16(20)15-9-10-8-11(17)2-7-14(10)19-15/h2,7-9,12-13,19H,3-6,17H2,1H3,(H,18,20). The molecule has 1 fully saturated rings. The Bertz CT molecular complexity index is 644. The normalized spacial score (nSPS) is 22.3. The lowest BCUT2D eigenvalue weighted by atomic mass is 9.95. The Balaban J connectivity index is 1.67. The fraction of sp³-hybridized carbons (Fsp3) is 0.438. The maximum absolute atomic E-state index is 12.3. The summed E-state index contributed by atoms with van der Waals surface area (Å²) in [6.07, 6.45) is 6.69. The number of carbonyl (C=O) groups excluding carboxylic acids is 1. The van der Waals surface area contributed by atoms with E-state index < -0.39 is 0 Å². The molecular formula is C16H21N3OS. The Hall–Kier alpha value is -1.62. The Morgan fingerprint density at radius 1 is 1.29 bits per heavy atom. The lowest BCUT2D eigenvalue weighted by Crippen LogP contribution is -2.38. The first-order valence-corrected chi connectivity index (χ1v) is 8.66. The summed E-state index contributed by atoms with van der Waals surface area (Å²) in [5, 5.41) is 4.88. The Kier molecular flexibility index (Phi) is 4.10. The molecule has 4 N–H and O–H groups in total. The third-order valence-corrected chi connectivity index (χ3v) is 5.37. The molecule has 1 aliphatic rings. The highest BCUT2D eigenvalue weighted by Gasteiger charge is 2.22. The van der Waals surface area contributed by atoms with Crippen LogP contribution in [0.2, 0.25) is 0 Å². The number of benzene rings is 1. The first kappa shape index (κ1) is 14.3. The van der Waals surface area contributed by atoms with E-state index in [1.54, 1.807) is 0 Å². The molecule has 1 aromatic carbocycles. The number of carbonyl (C=O) groups is 1. The number of hydrogen-bond acceptors (Lipinski definition) is 3. The van der Waals surface area contributed by atoms with Crippen LogP contribution in [0.4, 0.5) is 5.69 Å². The van der Waals surface area contributed by atoms with Crippen LogP contribution in [0.25, 0.3) is 10.9 Å². The molecule has 0 unspecified atom stereocenters. The second kappa shape index (κ2) is 6.02. The molecular weight excluding hydrogens is 282 g/mol. The first-order chi connectivity index (χ1) is 10.2. The molecule has 1 aliphatic carbocycles. The van der Waals surface area contributed by atoms with Crippen molar-refractivity contribution >= 4 is 34.3 Å². The summed E-state index contributed by atoms with van der Waals surface area (Å²) in [4.78, 5) is 15.5. The number of amides is 1. The van der Waals surface area contributed by atoms with Crippen LogP contribution in [0.5, 0.6) is 0 Å². The number of thioether (sulfide) groups is 1. The van der Waals surface area contributed by atoms with E-state index in [1.165, 1.54) is 12.8 Å². The zero-order valence-corrected chi connectivity index (χ0v) is 13.0.